The fraction of sp³-hybridized carbons (Fsp3) is 0.0909. The van der Waals surface area contributed by atoms with E-state index >= 15 is 0 Å². The number of hydrogen-bond acceptors (Lipinski definition) is 7. The molecule has 0 radical (unpaired) electrons. The summed E-state index contributed by atoms with van der Waals surface area (Å²) in [7, 11) is 1.55. The zero-order valence-electron chi connectivity index (χ0n) is 22.0. The number of nitrogens with zero attached hydrogens (tertiary/aromatic N) is 1. The van der Waals surface area contributed by atoms with Crippen LogP contribution in [0.2, 0.25) is 5.02 Å². The number of carbonyl (C=O) groups is 1. The zero-order valence-corrected chi connectivity index (χ0v) is 22.8. The van der Waals surface area contributed by atoms with Crippen molar-refractivity contribution in [2.45, 2.75) is 12.5 Å². The van der Waals surface area contributed by atoms with E-state index in [1.807, 2.05) is 54.6 Å². The Morgan fingerprint density at radius 3 is 2.54 bits per heavy atom. The largest absolute Gasteiger partial charge is 0.493 e. The van der Waals surface area contributed by atoms with Crippen molar-refractivity contribution in [3.8, 4) is 29.1 Å². The molecule has 41 heavy (non-hydrogen) atoms. The van der Waals surface area contributed by atoms with Gasteiger partial charge in [0.25, 0.3) is 0 Å². The number of nitriles is 1. The number of carbonyl (C=O) groups excluding carboxylic acids is 1. The Hall–Kier alpha value is -5.19. The third-order valence-electron chi connectivity index (χ3n) is 6.45. The molecule has 0 aliphatic carbocycles. The van der Waals surface area contributed by atoms with E-state index in [2.05, 4.69) is 6.07 Å². The molecule has 5 rings (SSSR count). The summed E-state index contributed by atoms with van der Waals surface area (Å²) in [5.74, 6) is 0.593. The van der Waals surface area contributed by atoms with Crippen molar-refractivity contribution in [2.24, 2.45) is 5.73 Å². The lowest BCUT2D eigenvalue weighted by Gasteiger charge is -2.27. The third-order valence-corrected chi connectivity index (χ3v) is 6.70. The number of benzene rings is 4. The number of esters is 1. The van der Waals surface area contributed by atoms with Gasteiger partial charge in [-0.3, -0.25) is 0 Å². The maximum Gasteiger partial charge on any atom is 0.336 e. The highest BCUT2D eigenvalue weighted by Crippen LogP contribution is 2.45. The van der Waals surface area contributed by atoms with Crippen LogP contribution in [0.4, 0.5) is 0 Å². The molecule has 0 spiro atoms. The summed E-state index contributed by atoms with van der Waals surface area (Å²) in [6, 6.07) is 29.4. The highest BCUT2D eigenvalue weighted by molar-refractivity contribution is 6.30. The Morgan fingerprint density at radius 1 is 1.02 bits per heavy atom. The van der Waals surface area contributed by atoms with Gasteiger partial charge in [0.05, 0.1) is 13.0 Å². The van der Waals surface area contributed by atoms with Crippen molar-refractivity contribution in [2.75, 3.05) is 7.11 Å². The summed E-state index contributed by atoms with van der Waals surface area (Å²) in [6.07, 6.45) is 3.02. The van der Waals surface area contributed by atoms with Crippen LogP contribution in [0.15, 0.2) is 109 Å². The first kappa shape index (κ1) is 27.4. The van der Waals surface area contributed by atoms with E-state index in [1.54, 1.807) is 49.6 Å². The van der Waals surface area contributed by atoms with Gasteiger partial charge in [-0.1, -0.05) is 66.2 Å². The van der Waals surface area contributed by atoms with Gasteiger partial charge >= 0.3 is 5.97 Å². The molecule has 0 saturated carbocycles. The molecule has 0 aromatic heterocycles. The summed E-state index contributed by atoms with van der Waals surface area (Å²) in [5.41, 5.74) is 9.69. The lowest BCUT2D eigenvalue weighted by Crippen LogP contribution is -2.21. The molecular formula is C33H25ClN2O5. The van der Waals surface area contributed by atoms with Crippen molar-refractivity contribution < 1.29 is 23.7 Å². The van der Waals surface area contributed by atoms with Crippen LogP contribution in [-0.4, -0.2) is 13.1 Å². The lowest BCUT2D eigenvalue weighted by atomic mass is 9.83. The Morgan fingerprint density at radius 2 is 1.80 bits per heavy atom. The first-order chi connectivity index (χ1) is 19.9. The van der Waals surface area contributed by atoms with Crippen LogP contribution in [0, 0.1) is 11.3 Å². The highest BCUT2D eigenvalue weighted by atomic mass is 35.5. The number of methoxy groups -OCH3 is 1. The van der Waals surface area contributed by atoms with Gasteiger partial charge in [0, 0.05) is 22.7 Å². The van der Waals surface area contributed by atoms with Crippen molar-refractivity contribution in [3.63, 3.8) is 0 Å². The third kappa shape index (κ3) is 6.35. The van der Waals surface area contributed by atoms with Gasteiger partial charge in [-0.05, 0) is 53.1 Å². The average molecular weight is 565 g/mol. The molecule has 0 saturated heterocycles. The minimum Gasteiger partial charge on any atom is -0.493 e. The molecule has 7 nitrogen and oxygen atoms in total. The second-order valence-electron chi connectivity index (χ2n) is 9.11. The van der Waals surface area contributed by atoms with Crippen molar-refractivity contribution in [3.05, 3.63) is 136 Å². The molecule has 0 fully saturated rings. The predicted molar refractivity (Wildman–Crippen MR) is 156 cm³/mol. The molecule has 0 bridgehead atoms. The van der Waals surface area contributed by atoms with E-state index in [0.717, 1.165) is 16.7 Å². The lowest BCUT2D eigenvalue weighted by molar-refractivity contribution is -0.128. The predicted octanol–water partition coefficient (Wildman–Crippen LogP) is 6.76. The van der Waals surface area contributed by atoms with Crippen LogP contribution in [-0.2, 0) is 11.4 Å². The van der Waals surface area contributed by atoms with Gasteiger partial charge in [-0.15, -0.1) is 0 Å². The summed E-state index contributed by atoms with van der Waals surface area (Å²) >= 11 is 5.97. The standard InChI is InChI=1S/C33H25ClN2O5/c1-38-30-17-23(10-15-28(30)39-20-22-7-11-24(34)12-8-22)32-26-14-13-25(18-29(26)41-33(36)27(32)19-35)40-31(37)16-9-21-5-3-2-4-6-21/h2-18,32H,20,36H2,1H3/b16-9+. The molecule has 1 aliphatic heterocycles. The summed E-state index contributed by atoms with van der Waals surface area (Å²) in [4.78, 5) is 12.4. The minimum absolute atomic E-state index is 0.0283. The fourth-order valence-electron chi connectivity index (χ4n) is 4.45. The number of rotatable bonds is 8. The van der Waals surface area contributed by atoms with E-state index < -0.39 is 11.9 Å². The van der Waals surface area contributed by atoms with Gasteiger partial charge < -0.3 is 24.7 Å². The Balaban J connectivity index is 1.39. The quantitative estimate of drug-likeness (QED) is 0.143. The molecule has 4 aromatic rings. The number of ether oxygens (including phenoxy) is 4. The van der Waals surface area contributed by atoms with Crippen LogP contribution in [0.25, 0.3) is 6.08 Å². The van der Waals surface area contributed by atoms with E-state index in [-0.39, 0.29) is 17.2 Å². The number of nitrogens with two attached hydrogens (primary N) is 1. The summed E-state index contributed by atoms with van der Waals surface area (Å²) in [6.45, 7) is 0.325. The summed E-state index contributed by atoms with van der Waals surface area (Å²) in [5, 5.41) is 10.6. The normalized spacial score (nSPS) is 14.1. The Bertz CT molecular complexity index is 1670. The smallest absolute Gasteiger partial charge is 0.336 e. The number of halogens is 1. The maximum atomic E-state index is 12.4. The first-order valence-corrected chi connectivity index (χ1v) is 13.0. The van der Waals surface area contributed by atoms with Crippen LogP contribution in [0.3, 0.4) is 0 Å². The van der Waals surface area contributed by atoms with Crippen LogP contribution in [0.5, 0.6) is 23.0 Å². The molecule has 204 valence electrons. The molecule has 1 heterocycles. The van der Waals surface area contributed by atoms with E-state index in [0.29, 0.717) is 34.4 Å². The topological polar surface area (TPSA) is 104 Å². The Labute approximate surface area is 242 Å². The van der Waals surface area contributed by atoms with E-state index in [4.69, 9.17) is 36.3 Å². The second-order valence-corrected chi connectivity index (χ2v) is 9.55. The monoisotopic (exact) mass is 564 g/mol. The maximum absolute atomic E-state index is 12.4. The average Bonchev–Trinajstić information content (AvgIpc) is 2.99. The number of allylic oxidation sites excluding steroid dienone is 1. The van der Waals surface area contributed by atoms with Crippen molar-refractivity contribution in [1.29, 1.82) is 5.26 Å². The zero-order chi connectivity index (χ0) is 28.8. The van der Waals surface area contributed by atoms with E-state index in [9.17, 15) is 10.1 Å². The molecule has 4 aromatic carbocycles. The molecule has 1 unspecified atom stereocenters. The molecule has 0 amide bonds. The van der Waals surface area contributed by atoms with Gasteiger partial charge in [0.15, 0.2) is 11.5 Å². The molecule has 1 aliphatic rings. The first-order valence-electron chi connectivity index (χ1n) is 12.7. The van der Waals surface area contributed by atoms with Crippen LogP contribution in [0.1, 0.15) is 28.2 Å². The molecular weight excluding hydrogens is 540 g/mol. The minimum atomic E-state index is -0.540. The molecule has 8 heteroatoms. The van der Waals surface area contributed by atoms with Gasteiger partial charge in [-0.2, -0.15) is 5.26 Å². The fourth-order valence-corrected chi connectivity index (χ4v) is 4.57. The van der Waals surface area contributed by atoms with Gasteiger partial charge in [0.1, 0.15) is 29.7 Å². The second kappa shape index (κ2) is 12.3. The number of fused-ring (bicyclic) bond motifs is 1. The SMILES string of the molecule is COc1cc(C2C(C#N)=C(N)Oc3cc(OC(=O)/C=C/c4ccccc4)ccc32)ccc1OCc1ccc(Cl)cc1. The Kier molecular flexibility index (Phi) is 8.23. The molecule has 2 N–H and O–H groups in total. The number of hydrogen-bond donors (Lipinski definition) is 1. The van der Waals surface area contributed by atoms with Crippen molar-refractivity contribution >= 4 is 23.6 Å². The van der Waals surface area contributed by atoms with Gasteiger partial charge in [0.2, 0.25) is 5.88 Å². The van der Waals surface area contributed by atoms with Crippen molar-refractivity contribution in [1.82, 2.24) is 0 Å². The molecule has 1 atom stereocenters. The van der Waals surface area contributed by atoms with Gasteiger partial charge in [-0.25, -0.2) is 4.79 Å². The highest BCUT2D eigenvalue weighted by Gasteiger charge is 2.31. The van der Waals surface area contributed by atoms with Crippen LogP contribution >= 0.6 is 11.6 Å². The summed E-state index contributed by atoms with van der Waals surface area (Å²) < 4.78 is 22.9. The van der Waals surface area contributed by atoms with Crippen LogP contribution < -0.4 is 24.7 Å². The van der Waals surface area contributed by atoms with E-state index in [1.165, 1.54) is 6.08 Å².